The van der Waals surface area contributed by atoms with Crippen molar-refractivity contribution in [3.63, 3.8) is 0 Å². The molecule has 0 spiro atoms. The number of amides is 2. The Morgan fingerprint density at radius 3 is 2.45 bits per heavy atom. The lowest BCUT2D eigenvalue weighted by atomic mass is 10.0. The SMILES string of the molecule is CC(C)c1ccc(/C=C(\NC(=O)c2ccccc2)C(=O)NCC2CCCO2)cc1. The van der Waals surface area contributed by atoms with Crippen LogP contribution >= 0.6 is 0 Å². The molecule has 29 heavy (non-hydrogen) atoms. The van der Waals surface area contributed by atoms with Crippen molar-refractivity contribution >= 4 is 17.9 Å². The van der Waals surface area contributed by atoms with Crippen LogP contribution in [0.3, 0.4) is 0 Å². The average molecular weight is 392 g/mol. The van der Waals surface area contributed by atoms with Gasteiger partial charge in [0.15, 0.2) is 0 Å². The highest BCUT2D eigenvalue weighted by Crippen LogP contribution is 2.16. The summed E-state index contributed by atoms with van der Waals surface area (Å²) in [5, 5.41) is 5.65. The van der Waals surface area contributed by atoms with E-state index in [0.717, 1.165) is 25.0 Å². The first-order chi connectivity index (χ1) is 14.0. The van der Waals surface area contributed by atoms with Crippen molar-refractivity contribution in [2.24, 2.45) is 0 Å². The molecule has 2 N–H and O–H groups in total. The summed E-state index contributed by atoms with van der Waals surface area (Å²) in [6.07, 6.45) is 3.69. The Labute approximate surface area is 172 Å². The van der Waals surface area contributed by atoms with E-state index in [1.165, 1.54) is 5.56 Å². The monoisotopic (exact) mass is 392 g/mol. The molecule has 0 aromatic heterocycles. The molecule has 1 aliphatic rings. The Morgan fingerprint density at radius 1 is 1.10 bits per heavy atom. The molecule has 5 nitrogen and oxygen atoms in total. The second-order valence-electron chi connectivity index (χ2n) is 7.54. The molecule has 1 unspecified atom stereocenters. The zero-order chi connectivity index (χ0) is 20.6. The molecule has 1 atom stereocenters. The number of hydrogen-bond acceptors (Lipinski definition) is 3. The summed E-state index contributed by atoms with van der Waals surface area (Å²) >= 11 is 0. The van der Waals surface area contributed by atoms with Crippen molar-refractivity contribution in [3.05, 3.63) is 77.0 Å². The number of ether oxygens (including phenoxy) is 1. The normalized spacial score (nSPS) is 16.7. The summed E-state index contributed by atoms with van der Waals surface area (Å²) < 4.78 is 5.57. The third-order valence-corrected chi connectivity index (χ3v) is 4.96. The Hall–Kier alpha value is -2.92. The summed E-state index contributed by atoms with van der Waals surface area (Å²) in [4.78, 5) is 25.4. The van der Waals surface area contributed by atoms with Gasteiger partial charge in [-0.15, -0.1) is 0 Å². The van der Waals surface area contributed by atoms with Gasteiger partial charge in [-0.05, 0) is 48.1 Å². The highest BCUT2D eigenvalue weighted by Gasteiger charge is 2.19. The van der Waals surface area contributed by atoms with Crippen molar-refractivity contribution in [1.29, 1.82) is 0 Å². The van der Waals surface area contributed by atoms with Gasteiger partial charge in [-0.25, -0.2) is 0 Å². The molecule has 2 amide bonds. The molecule has 0 aliphatic carbocycles. The van der Waals surface area contributed by atoms with Crippen LogP contribution in [-0.4, -0.2) is 31.1 Å². The smallest absolute Gasteiger partial charge is 0.267 e. The summed E-state index contributed by atoms with van der Waals surface area (Å²) in [7, 11) is 0. The molecule has 152 valence electrons. The van der Waals surface area contributed by atoms with Crippen molar-refractivity contribution in [2.75, 3.05) is 13.2 Å². The summed E-state index contributed by atoms with van der Waals surface area (Å²) in [6, 6.07) is 16.9. The maximum atomic E-state index is 12.8. The van der Waals surface area contributed by atoms with E-state index in [9.17, 15) is 9.59 Å². The Balaban J connectivity index is 1.77. The number of nitrogens with one attached hydrogen (secondary N) is 2. The summed E-state index contributed by atoms with van der Waals surface area (Å²) in [5.74, 6) is -0.208. The molecule has 1 saturated heterocycles. The van der Waals surface area contributed by atoms with Crippen molar-refractivity contribution in [1.82, 2.24) is 10.6 Å². The average Bonchev–Trinajstić information content (AvgIpc) is 3.26. The molecular formula is C24H28N2O3. The Kier molecular flexibility index (Phi) is 7.19. The topological polar surface area (TPSA) is 67.4 Å². The first-order valence-electron chi connectivity index (χ1n) is 10.1. The molecule has 2 aromatic rings. The number of carbonyl (C=O) groups is 2. The third kappa shape index (κ3) is 6.03. The van der Waals surface area contributed by atoms with Crippen molar-refractivity contribution < 1.29 is 14.3 Å². The van der Waals surface area contributed by atoms with Gasteiger partial charge in [0.1, 0.15) is 5.70 Å². The van der Waals surface area contributed by atoms with E-state index in [4.69, 9.17) is 4.74 Å². The fourth-order valence-electron chi connectivity index (χ4n) is 3.19. The fraction of sp³-hybridized carbons (Fsp3) is 0.333. The van der Waals surface area contributed by atoms with Crippen LogP contribution in [0.15, 0.2) is 60.3 Å². The van der Waals surface area contributed by atoms with E-state index in [1.54, 1.807) is 30.3 Å². The van der Waals surface area contributed by atoms with Gasteiger partial charge < -0.3 is 15.4 Å². The Bertz CT molecular complexity index is 851. The van der Waals surface area contributed by atoms with Gasteiger partial charge in [0.25, 0.3) is 11.8 Å². The van der Waals surface area contributed by atoms with Gasteiger partial charge in [-0.1, -0.05) is 56.3 Å². The van der Waals surface area contributed by atoms with E-state index in [0.29, 0.717) is 18.0 Å². The quantitative estimate of drug-likeness (QED) is 0.703. The van der Waals surface area contributed by atoms with Crippen LogP contribution in [0.1, 0.15) is 54.1 Å². The number of hydrogen-bond donors (Lipinski definition) is 2. The molecule has 2 aromatic carbocycles. The first kappa shape index (κ1) is 20.8. The van der Waals surface area contributed by atoms with Gasteiger partial charge in [0.2, 0.25) is 0 Å². The van der Waals surface area contributed by atoms with E-state index < -0.39 is 0 Å². The van der Waals surface area contributed by atoms with Crippen LogP contribution in [-0.2, 0) is 9.53 Å². The van der Waals surface area contributed by atoms with Crippen LogP contribution < -0.4 is 10.6 Å². The minimum Gasteiger partial charge on any atom is -0.376 e. The number of carbonyl (C=O) groups excluding carboxylic acids is 2. The van der Waals surface area contributed by atoms with Gasteiger partial charge in [0.05, 0.1) is 6.10 Å². The lowest BCUT2D eigenvalue weighted by Crippen LogP contribution is -2.38. The molecule has 1 fully saturated rings. The Morgan fingerprint density at radius 2 is 1.83 bits per heavy atom. The van der Waals surface area contributed by atoms with Crippen molar-refractivity contribution in [2.45, 2.75) is 38.7 Å². The summed E-state index contributed by atoms with van der Waals surface area (Å²) in [5.41, 5.74) is 2.79. The van der Waals surface area contributed by atoms with Gasteiger partial charge in [0, 0.05) is 18.7 Å². The predicted molar refractivity (Wildman–Crippen MR) is 114 cm³/mol. The number of benzene rings is 2. The van der Waals surface area contributed by atoms with Gasteiger partial charge in [-0.3, -0.25) is 9.59 Å². The first-order valence-corrected chi connectivity index (χ1v) is 10.1. The minimum atomic E-state index is -0.322. The van der Waals surface area contributed by atoms with E-state index in [1.807, 2.05) is 30.3 Å². The molecule has 5 heteroatoms. The molecule has 0 saturated carbocycles. The third-order valence-electron chi connectivity index (χ3n) is 4.96. The largest absolute Gasteiger partial charge is 0.376 e. The van der Waals surface area contributed by atoms with Crippen LogP contribution in [0.4, 0.5) is 0 Å². The van der Waals surface area contributed by atoms with Gasteiger partial charge in [-0.2, -0.15) is 0 Å². The van der Waals surface area contributed by atoms with Crippen LogP contribution in [0, 0.1) is 0 Å². The maximum absolute atomic E-state index is 12.8. The maximum Gasteiger partial charge on any atom is 0.267 e. The lowest BCUT2D eigenvalue weighted by molar-refractivity contribution is -0.118. The molecular weight excluding hydrogens is 364 g/mol. The van der Waals surface area contributed by atoms with Crippen LogP contribution in [0.2, 0.25) is 0 Å². The number of rotatable bonds is 7. The highest BCUT2D eigenvalue weighted by atomic mass is 16.5. The van der Waals surface area contributed by atoms with E-state index in [-0.39, 0.29) is 23.6 Å². The van der Waals surface area contributed by atoms with Gasteiger partial charge >= 0.3 is 0 Å². The molecule has 1 heterocycles. The summed E-state index contributed by atoms with van der Waals surface area (Å²) in [6.45, 7) is 5.43. The zero-order valence-corrected chi connectivity index (χ0v) is 17.0. The standard InChI is InChI=1S/C24H28N2O3/c1-17(2)19-12-10-18(11-13-19)15-22(24(28)25-16-21-9-6-14-29-21)26-23(27)20-7-4-3-5-8-20/h3-5,7-8,10-13,15,17,21H,6,9,14,16H2,1-2H3,(H,25,28)(H,26,27)/b22-15-. The lowest BCUT2D eigenvalue weighted by Gasteiger charge is -2.14. The molecule has 0 radical (unpaired) electrons. The second-order valence-corrected chi connectivity index (χ2v) is 7.54. The van der Waals surface area contributed by atoms with Crippen molar-refractivity contribution in [3.8, 4) is 0 Å². The predicted octanol–water partition coefficient (Wildman–Crippen LogP) is 3.88. The van der Waals surface area contributed by atoms with Crippen LogP contribution in [0.25, 0.3) is 6.08 Å². The van der Waals surface area contributed by atoms with E-state index >= 15 is 0 Å². The zero-order valence-electron chi connectivity index (χ0n) is 17.0. The van der Waals surface area contributed by atoms with E-state index in [2.05, 4.69) is 24.5 Å². The fourth-order valence-corrected chi connectivity index (χ4v) is 3.19. The molecule has 0 bridgehead atoms. The highest BCUT2D eigenvalue weighted by molar-refractivity contribution is 6.05. The minimum absolute atomic E-state index is 0.0374. The molecule has 3 rings (SSSR count). The second kappa shape index (κ2) is 10.0. The molecule has 1 aliphatic heterocycles. The van der Waals surface area contributed by atoms with Crippen LogP contribution in [0.5, 0.6) is 0 Å².